The van der Waals surface area contributed by atoms with E-state index >= 15 is 0 Å². The van der Waals surface area contributed by atoms with Gasteiger partial charge in [0.25, 0.3) is 0 Å². The van der Waals surface area contributed by atoms with Crippen molar-refractivity contribution in [2.24, 2.45) is 0 Å². The van der Waals surface area contributed by atoms with Crippen LogP contribution in [-0.2, 0) is 0 Å². The smallest absolute Gasteiger partial charge is 0.0726 e. The fourth-order valence-corrected chi connectivity index (χ4v) is 1.58. The molecule has 2 heterocycles. The summed E-state index contributed by atoms with van der Waals surface area (Å²) >= 11 is 0. The molecular formula is C13H15N5. The Morgan fingerprint density at radius 1 is 1.22 bits per heavy atom. The van der Waals surface area contributed by atoms with Crippen LogP contribution < -0.4 is 10.6 Å². The van der Waals surface area contributed by atoms with Crippen molar-refractivity contribution in [3.05, 3.63) is 36.3 Å². The Labute approximate surface area is 106 Å². The fraction of sp³-hybridized carbons (Fsp3) is 0.154. The van der Waals surface area contributed by atoms with Crippen LogP contribution in [0.2, 0.25) is 0 Å². The second-order valence-corrected chi connectivity index (χ2v) is 4.17. The number of nitrogens with one attached hydrogen (secondary N) is 1. The Morgan fingerprint density at radius 3 is 2.67 bits per heavy atom. The zero-order valence-electron chi connectivity index (χ0n) is 10.4. The van der Waals surface area contributed by atoms with Crippen LogP contribution in [0.4, 0.5) is 11.4 Å². The van der Waals surface area contributed by atoms with Gasteiger partial charge in [-0.05, 0) is 12.1 Å². The Morgan fingerprint density at radius 2 is 2.00 bits per heavy atom. The van der Waals surface area contributed by atoms with E-state index in [1.165, 1.54) is 6.21 Å². The van der Waals surface area contributed by atoms with Crippen molar-refractivity contribution in [3.8, 4) is 11.3 Å². The first-order valence-electron chi connectivity index (χ1n) is 5.50. The zero-order chi connectivity index (χ0) is 13.1. The van der Waals surface area contributed by atoms with Gasteiger partial charge in [-0.3, -0.25) is 9.97 Å². The summed E-state index contributed by atoms with van der Waals surface area (Å²) in [5.41, 5.74) is 9.56. The molecule has 92 valence electrons. The van der Waals surface area contributed by atoms with Crippen LogP contribution in [-0.4, -0.2) is 30.3 Å². The molecule has 0 bridgehead atoms. The Hall–Kier alpha value is -2.43. The highest BCUT2D eigenvalue weighted by Crippen LogP contribution is 2.22. The summed E-state index contributed by atoms with van der Waals surface area (Å²) in [6.07, 6.45) is 6.33. The molecule has 18 heavy (non-hydrogen) atoms. The second-order valence-electron chi connectivity index (χ2n) is 4.17. The summed E-state index contributed by atoms with van der Waals surface area (Å²) in [4.78, 5) is 10.4. The third-order valence-corrected chi connectivity index (χ3v) is 2.66. The average Bonchev–Trinajstić information content (AvgIpc) is 2.39. The first kappa shape index (κ1) is 12.0. The molecule has 0 amide bonds. The summed E-state index contributed by atoms with van der Waals surface area (Å²) < 4.78 is 0. The quantitative estimate of drug-likeness (QED) is 0.803. The highest BCUT2D eigenvalue weighted by Gasteiger charge is 2.05. The number of aromatic nitrogens is 2. The number of pyridine rings is 2. The van der Waals surface area contributed by atoms with E-state index in [0.29, 0.717) is 11.3 Å². The molecule has 0 unspecified atom stereocenters. The van der Waals surface area contributed by atoms with Crippen LogP contribution in [0.15, 0.2) is 30.7 Å². The van der Waals surface area contributed by atoms with E-state index in [4.69, 9.17) is 11.1 Å². The van der Waals surface area contributed by atoms with Crippen molar-refractivity contribution < 1.29 is 0 Å². The molecule has 0 aliphatic heterocycles. The van der Waals surface area contributed by atoms with Crippen LogP contribution >= 0.6 is 0 Å². The van der Waals surface area contributed by atoms with Gasteiger partial charge in [0.2, 0.25) is 0 Å². The summed E-state index contributed by atoms with van der Waals surface area (Å²) in [6, 6.07) is 3.79. The van der Waals surface area contributed by atoms with Crippen molar-refractivity contribution in [3.63, 3.8) is 0 Å². The summed E-state index contributed by atoms with van der Waals surface area (Å²) in [5.74, 6) is 0. The molecule has 2 aromatic heterocycles. The molecule has 0 atom stereocenters. The maximum atomic E-state index is 7.30. The highest BCUT2D eigenvalue weighted by molar-refractivity contribution is 5.86. The van der Waals surface area contributed by atoms with Gasteiger partial charge in [0.05, 0.1) is 29.5 Å². The molecule has 2 rings (SSSR count). The Kier molecular flexibility index (Phi) is 3.23. The molecular weight excluding hydrogens is 226 g/mol. The molecule has 0 aromatic carbocycles. The standard InChI is InChI=1S/C13H15N5/c1-18(2)11-3-10(6-16-7-11)13-4-9(5-14)12(15)8-17-13/h3-8,14H,15H2,1-2H3. The largest absolute Gasteiger partial charge is 0.397 e. The van der Waals surface area contributed by atoms with Gasteiger partial charge in [-0.15, -0.1) is 0 Å². The minimum Gasteiger partial charge on any atom is -0.397 e. The summed E-state index contributed by atoms with van der Waals surface area (Å²) in [5, 5.41) is 7.30. The zero-order valence-corrected chi connectivity index (χ0v) is 10.4. The van der Waals surface area contributed by atoms with Crippen molar-refractivity contribution in [2.45, 2.75) is 0 Å². The predicted molar refractivity (Wildman–Crippen MR) is 74.1 cm³/mol. The van der Waals surface area contributed by atoms with Gasteiger partial charge in [-0.2, -0.15) is 0 Å². The minimum absolute atomic E-state index is 0.505. The molecule has 0 spiro atoms. The number of rotatable bonds is 3. The number of hydrogen-bond donors (Lipinski definition) is 2. The van der Waals surface area contributed by atoms with Crippen molar-refractivity contribution in [1.82, 2.24) is 9.97 Å². The summed E-state index contributed by atoms with van der Waals surface area (Å²) in [7, 11) is 3.92. The molecule has 0 fully saturated rings. The van der Waals surface area contributed by atoms with Crippen molar-refractivity contribution >= 4 is 17.6 Å². The van der Waals surface area contributed by atoms with Gasteiger partial charge < -0.3 is 16.0 Å². The van der Waals surface area contributed by atoms with E-state index in [1.807, 2.05) is 25.1 Å². The van der Waals surface area contributed by atoms with E-state index in [-0.39, 0.29) is 0 Å². The third-order valence-electron chi connectivity index (χ3n) is 2.66. The molecule has 3 N–H and O–H groups in total. The van der Waals surface area contributed by atoms with Gasteiger partial charge in [0.15, 0.2) is 0 Å². The lowest BCUT2D eigenvalue weighted by atomic mass is 10.1. The normalized spacial score (nSPS) is 10.1. The van der Waals surface area contributed by atoms with Gasteiger partial charge in [0.1, 0.15) is 0 Å². The second kappa shape index (κ2) is 4.83. The number of nitrogens with zero attached hydrogens (tertiary/aromatic N) is 3. The molecule has 0 aliphatic rings. The van der Waals surface area contributed by atoms with Gasteiger partial charge in [-0.25, -0.2) is 0 Å². The van der Waals surface area contributed by atoms with Crippen LogP contribution in [0.25, 0.3) is 11.3 Å². The number of nitrogen functional groups attached to an aromatic ring is 1. The molecule has 0 saturated heterocycles. The monoisotopic (exact) mass is 241 g/mol. The molecule has 5 heteroatoms. The maximum Gasteiger partial charge on any atom is 0.0726 e. The number of anilines is 2. The molecule has 0 aliphatic carbocycles. The Balaban J connectivity index is 2.48. The van der Waals surface area contributed by atoms with Crippen LogP contribution in [0, 0.1) is 5.41 Å². The first-order valence-corrected chi connectivity index (χ1v) is 5.50. The fourth-order valence-electron chi connectivity index (χ4n) is 1.58. The Bertz CT molecular complexity index is 577. The maximum absolute atomic E-state index is 7.30. The molecule has 5 nitrogen and oxygen atoms in total. The topological polar surface area (TPSA) is 78.9 Å². The van der Waals surface area contributed by atoms with E-state index < -0.39 is 0 Å². The SMILES string of the molecule is CN(C)c1cncc(-c2cc(C=N)c(N)cn2)c1. The van der Waals surface area contributed by atoms with E-state index in [0.717, 1.165) is 16.9 Å². The third kappa shape index (κ3) is 2.29. The van der Waals surface area contributed by atoms with E-state index in [2.05, 4.69) is 9.97 Å². The predicted octanol–water partition coefficient (Wildman–Crippen LogP) is 1.79. The van der Waals surface area contributed by atoms with Gasteiger partial charge >= 0.3 is 0 Å². The minimum atomic E-state index is 0.505. The first-order chi connectivity index (χ1) is 8.61. The van der Waals surface area contributed by atoms with Crippen molar-refractivity contribution in [1.29, 1.82) is 5.41 Å². The number of hydrogen-bond acceptors (Lipinski definition) is 5. The van der Waals surface area contributed by atoms with Crippen LogP contribution in [0.3, 0.4) is 0 Å². The lowest BCUT2D eigenvalue weighted by molar-refractivity contribution is 1.11. The lowest BCUT2D eigenvalue weighted by Crippen LogP contribution is -2.08. The highest BCUT2D eigenvalue weighted by atomic mass is 15.1. The number of nitrogens with two attached hydrogens (primary N) is 1. The lowest BCUT2D eigenvalue weighted by Gasteiger charge is -2.13. The van der Waals surface area contributed by atoms with E-state index in [1.54, 1.807) is 24.7 Å². The van der Waals surface area contributed by atoms with Crippen molar-refractivity contribution in [2.75, 3.05) is 24.7 Å². The van der Waals surface area contributed by atoms with Crippen LogP contribution in [0.5, 0.6) is 0 Å². The van der Waals surface area contributed by atoms with E-state index in [9.17, 15) is 0 Å². The van der Waals surface area contributed by atoms with Crippen LogP contribution in [0.1, 0.15) is 5.56 Å². The average molecular weight is 241 g/mol. The van der Waals surface area contributed by atoms with Gasteiger partial charge in [-0.1, -0.05) is 0 Å². The molecule has 2 aromatic rings. The molecule has 0 saturated carbocycles. The molecule has 0 radical (unpaired) electrons. The summed E-state index contributed by atoms with van der Waals surface area (Å²) in [6.45, 7) is 0. The van der Waals surface area contributed by atoms with Gasteiger partial charge in [0, 0.05) is 37.6 Å².